The first-order chi connectivity index (χ1) is 50.8. The third-order valence-corrected chi connectivity index (χ3v) is 18.6. The number of guanidine groups is 1. The Morgan fingerprint density at radius 3 is 1.35 bits per heavy atom. The van der Waals surface area contributed by atoms with Gasteiger partial charge in [0, 0.05) is 118 Å². The number of rotatable bonds is 62. The molecule has 25 N–H and O–H groups in total. The standard InChI is InChI=1S/C72H122N18O17/c1-42(2)27-49(69(104)88-55(18-9-13-25-76)63(98)35-54(45(5)92)71(106)107)34-59(94)44(4)86-67(102)47(16-7-11-23-74)32-60(95)56(19-14-26-82-72(78)79)87-68(103)48(17-8-12-24-75)33-61(96)57(20-21-64(77)99)89-70(105)50(29-52-37-81-41-85-52)30-53(93)38-83-66(101)46(15-6-10-22-73)31-62(97)58(39-91)90-65(100)43(3)28-51-36-80-40-84-51/h36-37,40-50,54-58,91-92H,6-35,38-39,73-76H2,1-5H3,(H2,77,99)(H,80,84)(H,81,85)(H,83,101)(H,86,102)(H,87,103)(H,88,104)(H,89,105)(H,90,100)(H,106,107)(H4,78,79,82)/t43-,44-,45+,46+,47+,48+,49+,50+,54-,55-,56-,57-,58-/m0/s1. The lowest BCUT2D eigenvalue weighted by Crippen LogP contribution is -2.49. The Bertz CT molecular complexity index is 3150. The number of aliphatic imine (C=N–C) groups is 1. The highest BCUT2D eigenvalue weighted by Gasteiger charge is 2.37. The lowest BCUT2D eigenvalue weighted by molar-refractivity contribution is -0.148. The lowest BCUT2D eigenvalue weighted by atomic mass is 9.88. The number of H-pyrrole nitrogens is 2. The fourth-order valence-electron chi connectivity index (χ4n) is 12.3. The number of hydrogen-bond acceptors (Lipinski definition) is 23. The highest BCUT2D eigenvalue weighted by Crippen LogP contribution is 2.25. The number of imidazole rings is 2. The third kappa shape index (κ3) is 38.0. The zero-order valence-corrected chi connectivity index (χ0v) is 63.0. The summed E-state index contributed by atoms with van der Waals surface area (Å²) >= 11 is 0. The van der Waals surface area contributed by atoms with Crippen LogP contribution in [-0.4, -0.2) is 205 Å². The van der Waals surface area contributed by atoms with Gasteiger partial charge in [0.1, 0.15) is 6.04 Å². The van der Waals surface area contributed by atoms with Gasteiger partial charge in [0.25, 0.3) is 0 Å². The summed E-state index contributed by atoms with van der Waals surface area (Å²) in [7, 11) is 0. The molecule has 2 heterocycles. The molecule has 107 heavy (non-hydrogen) atoms. The summed E-state index contributed by atoms with van der Waals surface area (Å²) < 4.78 is 0. The predicted octanol–water partition coefficient (Wildman–Crippen LogP) is -1.09. The predicted molar refractivity (Wildman–Crippen MR) is 397 cm³/mol. The van der Waals surface area contributed by atoms with Crippen molar-refractivity contribution in [1.29, 1.82) is 0 Å². The van der Waals surface area contributed by atoms with Crippen LogP contribution >= 0.6 is 0 Å². The summed E-state index contributed by atoms with van der Waals surface area (Å²) in [6.45, 7) is 7.62. The van der Waals surface area contributed by atoms with Gasteiger partial charge in [-0.05, 0) is 129 Å². The van der Waals surface area contributed by atoms with Crippen molar-refractivity contribution in [2.45, 2.75) is 231 Å². The molecule has 7 amide bonds. The van der Waals surface area contributed by atoms with E-state index in [9.17, 15) is 82.4 Å². The highest BCUT2D eigenvalue weighted by molar-refractivity contribution is 5.99. The van der Waals surface area contributed by atoms with Gasteiger partial charge in [-0.1, -0.05) is 40.0 Å². The average Bonchev–Trinajstić information content (AvgIpc) is 1.02. The third-order valence-electron chi connectivity index (χ3n) is 18.6. The number of amides is 7. The maximum absolute atomic E-state index is 14.7. The monoisotopic (exact) mass is 1510 g/mol. The number of ketones is 6. The zero-order valence-electron chi connectivity index (χ0n) is 63.0. The molecule has 0 aliphatic heterocycles. The van der Waals surface area contributed by atoms with Gasteiger partial charge < -0.3 is 97.3 Å². The number of aliphatic carboxylic acids is 1. The molecular weight excluding hydrogens is 1390 g/mol. The number of primary amides is 1. The molecule has 2 aromatic rings. The number of aromatic amines is 2. The number of nitrogens with one attached hydrogen (secondary N) is 8. The van der Waals surface area contributed by atoms with Crippen molar-refractivity contribution in [2.75, 3.05) is 45.9 Å². The van der Waals surface area contributed by atoms with E-state index in [-0.39, 0.29) is 115 Å². The van der Waals surface area contributed by atoms with E-state index in [4.69, 9.17) is 40.1 Å². The topological polar surface area (TPSA) is 624 Å². The molecule has 0 radical (unpaired) electrons. The van der Waals surface area contributed by atoms with E-state index >= 15 is 0 Å². The van der Waals surface area contributed by atoms with Crippen LogP contribution < -0.4 is 72.0 Å². The first kappa shape index (κ1) is 94.3. The van der Waals surface area contributed by atoms with Crippen molar-refractivity contribution < 1.29 is 82.4 Å². The summed E-state index contributed by atoms with van der Waals surface area (Å²) in [6, 6.07) is -6.50. The molecule has 0 aliphatic rings. The summed E-state index contributed by atoms with van der Waals surface area (Å²) in [5.74, 6) is -18.2. The number of nitrogens with two attached hydrogens (primary N) is 7. The van der Waals surface area contributed by atoms with Crippen LogP contribution in [0.2, 0.25) is 0 Å². The second-order valence-electron chi connectivity index (χ2n) is 28.3. The molecule has 2 aromatic heterocycles. The molecule has 602 valence electrons. The minimum Gasteiger partial charge on any atom is -0.481 e. The lowest BCUT2D eigenvalue weighted by Gasteiger charge is -2.26. The molecule has 0 aliphatic carbocycles. The number of aliphatic hydroxyl groups excluding tert-OH is 2. The summed E-state index contributed by atoms with van der Waals surface area (Å²) in [5.41, 5.74) is 41.0. The normalized spacial score (nSPS) is 15.0. The van der Waals surface area contributed by atoms with Crippen molar-refractivity contribution in [2.24, 2.45) is 92.5 Å². The number of aromatic nitrogens is 4. The molecule has 13 atom stereocenters. The highest BCUT2D eigenvalue weighted by atomic mass is 16.4. The maximum atomic E-state index is 14.7. The number of carboxylic acids is 1. The van der Waals surface area contributed by atoms with E-state index in [1.807, 2.05) is 13.8 Å². The summed E-state index contributed by atoms with van der Waals surface area (Å²) in [4.78, 5) is 211. The quantitative estimate of drug-likeness (QED) is 0.0212. The van der Waals surface area contributed by atoms with Gasteiger partial charge in [-0.15, -0.1) is 0 Å². The van der Waals surface area contributed by atoms with Gasteiger partial charge >= 0.3 is 5.97 Å². The molecule has 0 saturated heterocycles. The van der Waals surface area contributed by atoms with Crippen molar-refractivity contribution in [3.8, 4) is 0 Å². The van der Waals surface area contributed by atoms with E-state index in [0.717, 1.165) is 0 Å². The van der Waals surface area contributed by atoms with E-state index in [0.29, 0.717) is 62.8 Å². The molecular formula is C72H122N18O17. The molecule has 35 nitrogen and oxygen atoms in total. The van der Waals surface area contributed by atoms with Crippen LogP contribution in [0.15, 0.2) is 30.0 Å². The van der Waals surface area contributed by atoms with Crippen molar-refractivity contribution in [3.63, 3.8) is 0 Å². The first-order valence-electron chi connectivity index (χ1n) is 37.3. The largest absolute Gasteiger partial charge is 0.481 e. The van der Waals surface area contributed by atoms with Gasteiger partial charge in [0.05, 0.1) is 67.9 Å². The Morgan fingerprint density at radius 2 is 0.897 bits per heavy atom. The number of carboxylic acid groups (broad SMARTS) is 1. The Kier molecular flexibility index (Phi) is 46.1. The Labute approximate surface area is 626 Å². The number of unbranched alkanes of at least 4 members (excludes halogenated alkanes) is 4. The van der Waals surface area contributed by atoms with Crippen LogP contribution in [0.25, 0.3) is 0 Å². The molecule has 0 fully saturated rings. The molecule has 35 heteroatoms. The summed E-state index contributed by atoms with van der Waals surface area (Å²) in [6.07, 6.45) is 4.86. The van der Waals surface area contributed by atoms with Crippen LogP contribution in [0.5, 0.6) is 0 Å². The van der Waals surface area contributed by atoms with Crippen LogP contribution in [0, 0.1) is 47.3 Å². The number of carbonyl (C=O) groups excluding carboxylic acids is 13. The minimum absolute atomic E-state index is 0.0150. The minimum atomic E-state index is -1.48. The summed E-state index contributed by atoms with van der Waals surface area (Å²) in [5, 5.41) is 46.0. The number of carbonyl (C=O) groups is 14. The molecule has 0 saturated carbocycles. The van der Waals surface area contributed by atoms with Gasteiger partial charge in [0.2, 0.25) is 41.4 Å². The zero-order chi connectivity index (χ0) is 80.1. The second-order valence-corrected chi connectivity index (χ2v) is 28.3. The number of nitrogens with zero attached hydrogens (tertiary/aromatic N) is 3. The van der Waals surface area contributed by atoms with Gasteiger partial charge in [-0.2, -0.15) is 0 Å². The molecule has 0 unspecified atom stereocenters. The van der Waals surface area contributed by atoms with Crippen LogP contribution in [-0.2, 0) is 80.0 Å². The second kappa shape index (κ2) is 52.3. The first-order valence-corrected chi connectivity index (χ1v) is 37.3. The van der Waals surface area contributed by atoms with E-state index in [2.05, 4.69) is 56.8 Å². The van der Waals surface area contributed by atoms with Gasteiger partial charge in [-0.3, -0.25) is 72.1 Å². The van der Waals surface area contributed by atoms with Crippen LogP contribution in [0.1, 0.15) is 194 Å². The Hall–Kier alpha value is -8.77. The molecule has 0 bridgehead atoms. The molecule has 0 aromatic carbocycles. The SMILES string of the molecule is CC(C)C[C@H](CC(=O)[C@H](C)NC(=O)[C@H](CCCCN)CC(=O)[C@H](CCCN=C(N)N)NC(=O)[C@H](CCCCN)CC(=O)[C@H](CCC(N)=O)NC(=O)[C@@H](CC(=O)CNC(=O)[C@H](CCCCN)CC(=O)[C@H](CO)NC(=O)[C@@H](C)Cc1cnc[nH]1)Cc1cnc[nH]1)C(=O)N[C@@H](CCCCN)C(=O)C[C@H](C(=O)O)[C@@H](C)O. The van der Waals surface area contributed by atoms with E-state index < -0.39 is 211 Å². The van der Waals surface area contributed by atoms with Crippen LogP contribution in [0.4, 0.5) is 0 Å². The Morgan fingerprint density at radius 1 is 0.477 bits per heavy atom. The number of aliphatic hydroxyl groups is 2. The fraction of sp³-hybridized carbons (Fsp3) is 0.708. The average molecular weight is 1510 g/mol. The maximum Gasteiger partial charge on any atom is 0.309 e. The van der Waals surface area contributed by atoms with Gasteiger partial charge in [-0.25, -0.2) is 9.97 Å². The number of hydrogen-bond donors (Lipinski definition) is 18. The van der Waals surface area contributed by atoms with E-state index in [1.54, 1.807) is 13.1 Å². The van der Waals surface area contributed by atoms with Crippen molar-refractivity contribution in [1.82, 2.24) is 51.8 Å². The van der Waals surface area contributed by atoms with Crippen LogP contribution in [0.3, 0.4) is 0 Å². The Balaban J connectivity index is 2.46. The molecule has 0 spiro atoms. The fourth-order valence-corrected chi connectivity index (χ4v) is 12.3. The van der Waals surface area contributed by atoms with Gasteiger partial charge in [0.15, 0.2) is 40.7 Å². The number of Topliss-reactive ketones (excluding diaryl/α,β-unsaturated/α-hetero) is 6. The smallest absolute Gasteiger partial charge is 0.309 e. The van der Waals surface area contributed by atoms with Crippen molar-refractivity contribution >= 4 is 88.0 Å². The van der Waals surface area contributed by atoms with E-state index in [1.165, 1.54) is 32.7 Å². The molecule has 2 rings (SSSR count). The van der Waals surface area contributed by atoms with Crippen molar-refractivity contribution in [3.05, 3.63) is 36.4 Å².